The third-order valence-electron chi connectivity index (χ3n) is 2.83. The average Bonchev–Trinajstić information content (AvgIpc) is 2.53. The fourth-order valence-corrected chi connectivity index (χ4v) is 2.13. The van der Waals surface area contributed by atoms with Gasteiger partial charge in [0.15, 0.2) is 17.3 Å². The highest BCUT2D eigenvalue weighted by Gasteiger charge is 2.29. The van der Waals surface area contributed by atoms with Crippen LogP contribution < -0.4 is 9.47 Å². The highest BCUT2D eigenvalue weighted by molar-refractivity contribution is 6.08. The summed E-state index contributed by atoms with van der Waals surface area (Å²) >= 11 is 0. The number of rotatable bonds is 3. The second-order valence-corrected chi connectivity index (χ2v) is 4.51. The van der Waals surface area contributed by atoms with Crippen molar-refractivity contribution in [3.63, 3.8) is 0 Å². The topological polar surface area (TPSA) is 69.7 Å². The number of carbonyl (C=O) groups excluding carboxylic acids is 3. The molecule has 5 heteroatoms. The summed E-state index contributed by atoms with van der Waals surface area (Å²) in [4.78, 5) is 34.5. The molecule has 0 saturated carbocycles. The van der Waals surface area contributed by atoms with Crippen molar-refractivity contribution >= 4 is 17.7 Å². The van der Waals surface area contributed by atoms with E-state index in [0.717, 1.165) is 0 Å². The van der Waals surface area contributed by atoms with Crippen LogP contribution in [0.15, 0.2) is 30.3 Å². The molecule has 0 heterocycles. The molecule has 0 aromatic heterocycles. The van der Waals surface area contributed by atoms with E-state index in [-0.39, 0.29) is 22.8 Å². The smallest absolute Gasteiger partial charge is 0.308 e. The molecule has 0 bridgehead atoms. The molecule has 0 N–H and O–H groups in total. The summed E-state index contributed by atoms with van der Waals surface area (Å²) in [5, 5.41) is 0. The predicted octanol–water partition coefficient (Wildman–Crippen LogP) is 2.84. The van der Waals surface area contributed by atoms with E-state index in [0.29, 0.717) is 11.1 Å². The first kappa shape index (κ1) is 14.7. The number of fused-ring (bicyclic) bond motifs is 1. The SMILES string of the molecule is CC(=O)Oc1c2cccccc-2c(OC(C)=O)c1C(C)=O. The summed E-state index contributed by atoms with van der Waals surface area (Å²) in [7, 11) is 0. The molecule has 0 aromatic rings. The summed E-state index contributed by atoms with van der Waals surface area (Å²) in [6.07, 6.45) is 0. The maximum Gasteiger partial charge on any atom is 0.308 e. The Bertz CT molecular complexity index is 651. The van der Waals surface area contributed by atoms with E-state index in [1.807, 2.05) is 0 Å². The molecule has 0 atom stereocenters. The molecule has 0 aliphatic heterocycles. The zero-order chi connectivity index (χ0) is 15.6. The predicted molar refractivity (Wildman–Crippen MR) is 75.7 cm³/mol. The number of hydrogen-bond donors (Lipinski definition) is 0. The van der Waals surface area contributed by atoms with Crippen LogP contribution in [0.5, 0.6) is 11.5 Å². The number of carbonyl (C=O) groups is 3. The lowest BCUT2D eigenvalue weighted by Crippen LogP contribution is -2.07. The van der Waals surface area contributed by atoms with Gasteiger partial charge in [-0.1, -0.05) is 30.3 Å². The van der Waals surface area contributed by atoms with E-state index in [1.54, 1.807) is 30.3 Å². The van der Waals surface area contributed by atoms with Gasteiger partial charge in [0.25, 0.3) is 0 Å². The summed E-state index contributed by atoms with van der Waals surface area (Å²) in [5.74, 6) is -1.20. The standard InChI is InChI=1S/C16H14O5/c1-9(17)14-15(20-10(2)18)12-7-5-4-6-8-13(12)16(14)21-11(3)19/h4-8H,1-3H3. The fourth-order valence-electron chi connectivity index (χ4n) is 2.13. The van der Waals surface area contributed by atoms with Crippen LogP contribution >= 0.6 is 0 Å². The quantitative estimate of drug-likeness (QED) is 0.641. The van der Waals surface area contributed by atoms with Gasteiger partial charge in [-0.25, -0.2) is 0 Å². The van der Waals surface area contributed by atoms with Crippen molar-refractivity contribution in [3.8, 4) is 22.6 Å². The van der Waals surface area contributed by atoms with E-state index in [4.69, 9.17) is 9.47 Å². The van der Waals surface area contributed by atoms with Crippen LogP contribution in [0, 0.1) is 0 Å². The molecule has 2 rings (SSSR count). The summed E-state index contributed by atoms with van der Waals surface area (Å²) in [5.41, 5.74) is 1.18. The van der Waals surface area contributed by atoms with Crippen LogP contribution in [0.2, 0.25) is 0 Å². The minimum Gasteiger partial charge on any atom is -0.425 e. The van der Waals surface area contributed by atoms with Crippen LogP contribution in [0.3, 0.4) is 0 Å². The Kier molecular flexibility index (Phi) is 4.03. The number of hydrogen-bond acceptors (Lipinski definition) is 5. The normalized spacial score (nSPS) is 10.2. The lowest BCUT2D eigenvalue weighted by atomic mass is 10.2. The zero-order valence-electron chi connectivity index (χ0n) is 11.9. The molecule has 0 fully saturated rings. The van der Waals surface area contributed by atoms with Crippen molar-refractivity contribution in [1.29, 1.82) is 0 Å². The first-order valence-electron chi connectivity index (χ1n) is 6.34. The Morgan fingerprint density at radius 2 is 1.19 bits per heavy atom. The van der Waals surface area contributed by atoms with Gasteiger partial charge in [0.1, 0.15) is 5.56 Å². The fraction of sp³-hybridized carbons (Fsp3) is 0.188. The van der Waals surface area contributed by atoms with Crippen molar-refractivity contribution in [2.75, 3.05) is 0 Å². The lowest BCUT2D eigenvalue weighted by molar-refractivity contribution is -0.132. The van der Waals surface area contributed by atoms with Crippen LogP contribution in [0.1, 0.15) is 31.1 Å². The van der Waals surface area contributed by atoms with Gasteiger partial charge < -0.3 is 9.47 Å². The second-order valence-electron chi connectivity index (χ2n) is 4.51. The third-order valence-corrected chi connectivity index (χ3v) is 2.83. The van der Waals surface area contributed by atoms with Crippen molar-refractivity contribution < 1.29 is 23.9 Å². The molecule has 0 saturated heterocycles. The van der Waals surface area contributed by atoms with E-state index in [9.17, 15) is 14.4 Å². The van der Waals surface area contributed by atoms with Crippen LogP contribution in [-0.4, -0.2) is 17.7 Å². The minimum absolute atomic E-state index is 0.0987. The minimum atomic E-state index is -0.551. The molecule has 2 aliphatic rings. The van der Waals surface area contributed by atoms with Crippen molar-refractivity contribution in [3.05, 3.63) is 35.9 Å². The van der Waals surface area contributed by atoms with Crippen molar-refractivity contribution in [1.82, 2.24) is 0 Å². The molecule has 0 spiro atoms. The Balaban J connectivity index is 2.81. The Hall–Kier alpha value is -2.69. The van der Waals surface area contributed by atoms with E-state index >= 15 is 0 Å². The number of ketones is 1. The number of ether oxygens (including phenoxy) is 2. The van der Waals surface area contributed by atoms with E-state index < -0.39 is 11.9 Å². The van der Waals surface area contributed by atoms with Gasteiger partial charge in [-0.15, -0.1) is 0 Å². The summed E-state index contributed by atoms with van der Waals surface area (Å²) in [6, 6.07) is 8.68. The first-order chi connectivity index (χ1) is 9.91. The Morgan fingerprint density at radius 3 is 1.52 bits per heavy atom. The van der Waals surface area contributed by atoms with Crippen LogP contribution in [-0.2, 0) is 9.59 Å². The van der Waals surface area contributed by atoms with Crippen LogP contribution in [0.4, 0.5) is 0 Å². The van der Waals surface area contributed by atoms with Gasteiger partial charge in [0.05, 0.1) is 0 Å². The van der Waals surface area contributed by atoms with Crippen molar-refractivity contribution in [2.45, 2.75) is 20.8 Å². The summed E-state index contributed by atoms with van der Waals surface area (Å²) < 4.78 is 10.3. The van der Waals surface area contributed by atoms with Gasteiger partial charge in [-0.2, -0.15) is 0 Å². The van der Waals surface area contributed by atoms with E-state index in [2.05, 4.69) is 0 Å². The molecule has 5 nitrogen and oxygen atoms in total. The first-order valence-corrected chi connectivity index (χ1v) is 6.34. The van der Waals surface area contributed by atoms with Gasteiger partial charge in [-0.05, 0) is 6.92 Å². The number of Topliss-reactive ketones (excluding diaryl/α,β-unsaturated/α-hetero) is 1. The van der Waals surface area contributed by atoms with E-state index in [1.165, 1.54) is 20.8 Å². The molecule has 2 aliphatic carbocycles. The lowest BCUT2D eigenvalue weighted by Gasteiger charge is -2.04. The highest BCUT2D eigenvalue weighted by Crippen LogP contribution is 2.47. The van der Waals surface area contributed by atoms with Crippen molar-refractivity contribution in [2.24, 2.45) is 0 Å². The Morgan fingerprint density at radius 1 is 0.762 bits per heavy atom. The molecule has 0 radical (unpaired) electrons. The third kappa shape index (κ3) is 2.91. The largest absolute Gasteiger partial charge is 0.425 e. The summed E-state index contributed by atoms with van der Waals surface area (Å²) in [6.45, 7) is 3.82. The zero-order valence-corrected chi connectivity index (χ0v) is 11.9. The Labute approximate surface area is 121 Å². The van der Waals surface area contributed by atoms with Gasteiger partial charge >= 0.3 is 11.9 Å². The molecule has 0 unspecified atom stereocenters. The van der Waals surface area contributed by atoms with Gasteiger partial charge in [-0.3, -0.25) is 14.4 Å². The molecular formula is C16H14O5. The van der Waals surface area contributed by atoms with Gasteiger partial charge in [0.2, 0.25) is 0 Å². The molecule has 21 heavy (non-hydrogen) atoms. The maximum absolute atomic E-state index is 11.9. The molecular weight excluding hydrogens is 272 g/mol. The monoisotopic (exact) mass is 286 g/mol. The molecule has 0 amide bonds. The molecule has 108 valence electrons. The second kappa shape index (κ2) is 5.75. The van der Waals surface area contributed by atoms with Crippen LogP contribution in [0.25, 0.3) is 11.1 Å². The number of esters is 2. The molecule has 0 aromatic carbocycles. The highest BCUT2D eigenvalue weighted by atomic mass is 16.5. The average molecular weight is 286 g/mol. The van der Waals surface area contributed by atoms with Gasteiger partial charge in [0, 0.05) is 25.0 Å². The maximum atomic E-state index is 11.9.